The number of carbonyl (C=O) groups excluding carboxylic acids is 1. The van der Waals surface area contributed by atoms with Gasteiger partial charge in [0.15, 0.2) is 5.75 Å². The van der Waals surface area contributed by atoms with Crippen LogP contribution in [0.2, 0.25) is 5.02 Å². The first-order chi connectivity index (χ1) is 8.77. The van der Waals surface area contributed by atoms with Gasteiger partial charge < -0.3 is 10.5 Å². The molecule has 0 aliphatic carbocycles. The van der Waals surface area contributed by atoms with Crippen LogP contribution < -0.4 is 10.0 Å². The van der Waals surface area contributed by atoms with Gasteiger partial charge >= 0.3 is 5.97 Å². The molecule has 1 aromatic rings. The molecule has 8 heteroatoms. The monoisotopic (exact) mass is 306 g/mol. The second kappa shape index (κ2) is 6.12. The van der Waals surface area contributed by atoms with Crippen LogP contribution in [0.1, 0.15) is 6.92 Å². The van der Waals surface area contributed by atoms with Gasteiger partial charge in [0, 0.05) is 12.1 Å². The van der Waals surface area contributed by atoms with Crippen molar-refractivity contribution < 1.29 is 17.9 Å². The summed E-state index contributed by atoms with van der Waals surface area (Å²) < 4.78 is 29.5. The molecule has 0 atom stereocenters. The fourth-order valence-corrected chi connectivity index (χ4v) is 2.59. The Morgan fingerprint density at radius 2 is 2.11 bits per heavy atom. The van der Waals surface area contributed by atoms with Gasteiger partial charge in [0.2, 0.25) is 10.0 Å². The zero-order valence-electron chi connectivity index (χ0n) is 10.6. The molecule has 0 bridgehead atoms. The largest absolute Gasteiger partial charge is 0.465 e. The number of ether oxygens (including phenoxy) is 1. The smallest absolute Gasteiger partial charge is 0.323 e. The number of hydrogen-bond donors (Lipinski definition) is 1. The van der Waals surface area contributed by atoms with Gasteiger partial charge in [-0.2, -0.15) is 0 Å². The van der Waals surface area contributed by atoms with E-state index < -0.39 is 21.7 Å². The molecule has 0 spiro atoms. The second-order valence-corrected chi connectivity index (χ2v) is 6.17. The topological polar surface area (TPSA) is 89.7 Å². The minimum absolute atomic E-state index is 0.122. The predicted molar refractivity (Wildman–Crippen MR) is 74.7 cm³/mol. The molecule has 1 aromatic carbocycles. The molecule has 106 valence electrons. The predicted octanol–water partition coefficient (Wildman–Crippen LogP) is 1.25. The highest BCUT2D eigenvalue weighted by Gasteiger charge is 2.24. The Bertz CT molecular complexity index is 574. The number of anilines is 2. The van der Waals surface area contributed by atoms with E-state index in [9.17, 15) is 13.2 Å². The van der Waals surface area contributed by atoms with Gasteiger partial charge in [-0.1, -0.05) is 11.6 Å². The van der Waals surface area contributed by atoms with Gasteiger partial charge in [0.1, 0.15) is 0 Å². The van der Waals surface area contributed by atoms with Crippen LogP contribution in [0.15, 0.2) is 18.2 Å². The molecule has 0 saturated heterocycles. The Morgan fingerprint density at radius 1 is 1.47 bits per heavy atom. The summed E-state index contributed by atoms with van der Waals surface area (Å²) in [6.07, 6.45) is 0. The van der Waals surface area contributed by atoms with E-state index >= 15 is 0 Å². The molecular formula is C11H15ClN2O4S. The van der Waals surface area contributed by atoms with Gasteiger partial charge in [0.25, 0.3) is 0 Å². The maximum Gasteiger partial charge on any atom is 0.323 e. The number of esters is 1. The van der Waals surface area contributed by atoms with Crippen molar-refractivity contribution in [1.82, 2.24) is 0 Å². The third kappa shape index (κ3) is 4.00. The number of nitrogens with two attached hydrogens (primary N) is 1. The second-order valence-electron chi connectivity index (χ2n) is 3.73. The molecule has 0 aliphatic rings. The van der Waals surface area contributed by atoms with Crippen LogP contribution >= 0.6 is 11.6 Å². The van der Waals surface area contributed by atoms with Crippen LogP contribution in [0.4, 0.5) is 11.4 Å². The molecular weight excluding hydrogens is 292 g/mol. The lowest BCUT2D eigenvalue weighted by Crippen LogP contribution is -2.33. The summed E-state index contributed by atoms with van der Waals surface area (Å²) in [5.74, 6) is -1.56. The third-order valence-corrected chi connectivity index (χ3v) is 4.22. The Hall–Kier alpha value is -1.47. The lowest BCUT2D eigenvalue weighted by atomic mass is 10.3. The van der Waals surface area contributed by atoms with Crippen molar-refractivity contribution >= 4 is 39.0 Å². The minimum atomic E-state index is -3.85. The summed E-state index contributed by atoms with van der Waals surface area (Å²) in [5, 5.41) is 0.349. The number of halogens is 1. The molecule has 0 amide bonds. The highest BCUT2D eigenvalue weighted by Crippen LogP contribution is 2.27. The quantitative estimate of drug-likeness (QED) is 0.653. The number of rotatable bonds is 5. The van der Waals surface area contributed by atoms with E-state index in [1.165, 1.54) is 19.2 Å². The lowest BCUT2D eigenvalue weighted by Gasteiger charge is -2.20. The number of benzene rings is 1. The van der Waals surface area contributed by atoms with Crippen molar-refractivity contribution in [2.75, 3.05) is 29.4 Å². The fourth-order valence-electron chi connectivity index (χ4n) is 1.39. The highest BCUT2D eigenvalue weighted by molar-refractivity contribution is 7.93. The third-order valence-electron chi connectivity index (χ3n) is 2.35. The molecule has 0 aliphatic heterocycles. The van der Waals surface area contributed by atoms with E-state index in [1.54, 1.807) is 13.0 Å². The zero-order valence-corrected chi connectivity index (χ0v) is 12.2. The highest BCUT2D eigenvalue weighted by atomic mass is 35.5. The van der Waals surface area contributed by atoms with E-state index in [1.807, 2.05) is 0 Å². The van der Waals surface area contributed by atoms with Crippen LogP contribution in [0, 0.1) is 0 Å². The number of carbonyl (C=O) groups is 1. The van der Waals surface area contributed by atoms with Gasteiger partial charge in [-0.15, -0.1) is 0 Å². The molecule has 0 heterocycles. The summed E-state index contributed by atoms with van der Waals surface area (Å²) in [7, 11) is -2.55. The summed E-state index contributed by atoms with van der Waals surface area (Å²) >= 11 is 5.80. The number of nitrogens with zero attached hydrogens (tertiary/aromatic N) is 1. The molecule has 2 N–H and O–H groups in total. The summed E-state index contributed by atoms with van der Waals surface area (Å²) in [6.45, 7) is 1.72. The molecule has 0 fully saturated rings. The fraction of sp³-hybridized carbons (Fsp3) is 0.364. The molecule has 0 aromatic heterocycles. The molecule has 19 heavy (non-hydrogen) atoms. The SMILES string of the molecule is CCOC(=O)CS(=O)(=O)N(C)c1cc(Cl)ccc1N. The van der Waals surface area contributed by atoms with Crippen molar-refractivity contribution in [1.29, 1.82) is 0 Å². The van der Waals surface area contributed by atoms with E-state index in [0.717, 1.165) is 4.31 Å². The van der Waals surface area contributed by atoms with Crippen molar-refractivity contribution in [3.63, 3.8) is 0 Å². The van der Waals surface area contributed by atoms with Crippen molar-refractivity contribution in [3.05, 3.63) is 23.2 Å². The Labute approximate surface area is 117 Å². The van der Waals surface area contributed by atoms with Crippen LogP contribution in [-0.2, 0) is 19.6 Å². The first kappa shape index (κ1) is 15.6. The van der Waals surface area contributed by atoms with E-state index in [-0.39, 0.29) is 18.0 Å². The summed E-state index contributed by atoms with van der Waals surface area (Å²) in [5.41, 5.74) is 6.16. The van der Waals surface area contributed by atoms with Gasteiger partial charge in [-0.3, -0.25) is 9.10 Å². The van der Waals surface area contributed by atoms with E-state index in [4.69, 9.17) is 17.3 Å². The van der Waals surface area contributed by atoms with Crippen molar-refractivity contribution in [2.24, 2.45) is 0 Å². The zero-order chi connectivity index (χ0) is 14.6. The average Bonchev–Trinajstić information content (AvgIpc) is 2.31. The van der Waals surface area contributed by atoms with E-state index in [0.29, 0.717) is 5.02 Å². The van der Waals surface area contributed by atoms with Crippen LogP contribution in [0.3, 0.4) is 0 Å². The lowest BCUT2D eigenvalue weighted by molar-refractivity contribution is -0.139. The normalized spacial score (nSPS) is 11.1. The van der Waals surface area contributed by atoms with Gasteiger partial charge in [-0.05, 0) is 25.1 Å². The maximum absolute atomic E-state index is 12.0. The van der Waals surface area contributed by atoms with Crippen LogP contribution in [-0.4, -0.2) is 33.8 Å². The van der Waals surface area contributed by atoms with Gasteiger partial charge in [-0.25, -0.2) is 8.42 Å². The first-order valence-corrected chi connectivity index (χ1v) is 7.44. The summed E-state index contributed by atoms with van der Waals surface area (Å²) in [4.78, 5) is 11.3. The molecule has 6 nitrogen and oxygen atoms in total. The Balaban J connectivity index is 3.01. The number of hydrogen-bond acceptors (Lipinski definition) is 5. The van der Waals surface area contributed by atoms with Crippen molar-refractivity contribution in [3.8, 4) is 0 Å². The number of sulfonamides is 1. The Morgan fingerprint density at radius 3 is 2.68 bits per heavy atom. The summed E-state index contributed by atoms with van der Waals surface area (Å²) in [6, 6.07) is 4.46. The van der Waals surface area contributed by atoms with Crippen LogP contribution in [0.25, 0.3) is 0 Å². The standard InChI is InChI=1S/C11H15ClN2O4S/c1-3-18-11(15)7-19(16,17)14(2)10-6-8(12)4-5-9(10)13/h4-6H,3,7,13H2,1-2H3. The molecule has 0 unspecified atom stereocenters. The molecule has 0 saturated carbocycles. The molecule has 0 radical (unpaired) electrons. The van der Waals surface area contributed by atoms with E-state index in [2.05, 4.69) is 4.74 Å². The maximum atomic E-state index is 12.0. The molecule has 1 rings (SSSR count). The Kier molecular flexibility index (Phi) is 5.02. The minimum Gasteiger partial charge on any atom is -0.465 e. The number of nitrogen functional groups attached to an aromatic ring is 1. The van der Waals surface area contributed by atoms with Gasteiger partial charge in [0.05, 0.1) is 18.0 Å². The van der Waals surface area contributed by atoms with Crippen molar-refractivity contribution in [2.45, 2.75) is 6.92 Å². The average molecular weight is 307 g/mol. The van der Waals surface area contributed by atoms with Crippen LogP contribution in [0.5, 0.6) is 0 Å². The first-order valence-electron chi connectivity index (χ1n) is 5.45.